The first kappa shape index (κ1) is 21.9. The maximum absolute atomic E-state index is 13.8. The summed E-state index contributed by atoms with van der Waals surface area (Å²) in [6.45, 7) is 1.58. The molecule has 2 aromatic carbocycles. The molecule has 2 fully saturated rings. The van der Waals surface area contributed by atoms with Crippen molar-refractivity contribution < 1.29 is 28.6 Å². The van der Waals surface area contributed by atoms with E-state index < -0.39 is 23.5 Å². The molecular weight excluding hydrogens is 413 g/mol. The normalized spacial score (nSPS) is 20.8. The Balaban J connectivity index is 1.96. The van der Waals surface area contributed by atoms with E-state index in [4.69, 9.17) is 9.47 Å². The van der Waals surface area contributed by atoms with E-state index in [9.17, 15) is 19.1 Å². The highest BCUT2D eigenvalue weighted by Crippen LogP contribution is 2.48. The monoisotopic (exact) mass is 439 g/mol. The Kier molecular flexibility index (Phi) is 5.91. The number of aliphatic hydroxyl groups is 1. The van der Waals surface area contributed by atoms with Gasteiger partial charge in [-0.05, 0) is 49.6 Å². The highest BCUT2D eigenvalue weighted by atomic mass is 19.1. The number of para-hydroxylation sites is 1. The number of hydrogen-bond acceptors (Lipinski definition) is 5. The number of carbonyl (C=O) groups excluding carboxylic acids is 2. The molecule has 6 nitrogen and oxygen atoms in total. The van der Waals surface area contributed by atoms with Crippen molar-refractivity contribution in [3.05, 3.63) is 64.5 Å². The quantitative estimate of drug-likeness (QED) is 0.421. The number of halogens is 1. The first-order valence-corrected chi connectivity index (χ1v) is 10.7. The summed E-state index contributed by atoms with van der Waals surface area (Å²) in [4.78, 5) is 28.0. The number of rotatable bonds is 5. The molecule has 0 spiro atoms. The van der Waals surface area contributed by atoms with Crippen LogP contribution in [0, 0.1) is 12.7 Å². The average molecular weight is 439 g/mol. The van der Waals surface area contributed by atoms with E-state index in [1.807, 2.05) is 0 Å². The van der Waals surface area contributed by atoms with Gasteiger partial charge in [-0.2, -0.15) is 0 Å². The summed E-state index contributed by atoms with van der Waals surface area (Å²) < 4.78 is 24.8. The Morgan fingerprint density at radius 1 is 1.09 bits per heavy atom. The van der Waals surface area contributed by atoms with Crippen molar-refractivity contribution in [1.29, 1.82) is 0 Å². The van der Waals surface area contributed by atoms with E-state index in [0.717, 1.165) is 25.7 Å². The summed E-state index contributed by atoms with van der Waals surface area (Å²) in [5.41, 5.74) is 1.13. The number of ketones is 1. The Labute approximate surface area is 186 Å². The van der Waals surface area contributed by atoms with Crippen LogP contribution in [-0.4, -0.2) is 42.0 Å². The summed E-state index contributed by atoms with van der Waals surface area (Å²) in [6.07, 6.45) is 3.50. The predicted molar refractivity (Wildman–Crippen MR) is 117 cm³/mol. The molecule has 1 N–H and O–H groups in total. The van der Waals surface area contributed by atoms with Crippen LogP contribution in [0.4, 0.5) is 4.39 Å². The SMILES string of the molecule is COc1cccc(C2/C(=C(/O)c3ccc(F)c(C)c3)C(=O)C(=O)N2C2CCCC2)c1OC. The Morgan fingerprint density at radius 2 is 1.81 bits per heavy atom. The van der Waals surface area contributed by atoms with Crippen molar-refractivity contribution in [1.82, 2.24) is 4.90 Å². The van der Waals surface area contributed by atoms with Gasteiger partial charge < -0.3 is 19.5 Å². The Bertz CT molecular complexity index is 1100. The van der Waals surface area contributed by atoms with Gasteiger partial charge in [0.2, 0.25) is 0 Å². The molecule has 0 aromatic heterocycles. The van der Waals surface area contributed by atoms with Gasteiger partial charge in [0.25, 0.3) is 11.7 Å². The lowest BCUT2D eigenvalue weighted by Gasteiger charge is -2.31. The summed E-state index contributed by atoms with van der Waals surface area (Å²) in [6, 6.07) is 8.40. The fourth-order valence-corrected chi connectivity index (χ4v) is 4.79. The zero-order valence-corrected chi connectivity index (χ0v) is 18.4. The number of likely N-dealkylation sites (tertiary alicyclic amines) is 1. The highest BCUT2D eigenvalue weighted by molar-refractivity contribution is 6.46. The van der Waals surface area contributed by atoms with E-state index in [0.29, 0.717) is 22.6 Å². The fourth-order valence-electron chi connectivity index (χ4n) is 4.79. The van der Waals surface area contributed by atoms with Gasteiger partial charge in [0.05, 0.1) is 25.8 Å². The molecule has 1 amide bonds. The van der Waals surface area contributed by atoms with Gasteiger partial charge >= 0.3 is 0 Å². The number of aryl methyl sites for hydroxylation is 1. The molecule has 1 saturated heterocycles. The Hall–Kier alpha value is -3.35. The maximum Gasteiger partial charge on any atom is 0.295 e. The van der Waals surface area contributed by atoms with E-state index in [2.05, 4.69) is 0 Å². The number of nitrogens with zero attached hydrogens (tertiary/aromatic N) is 1. The predicted octanol–water partition coefficient (Wildman–Crippen LogP) is 4.52. The molecule has 1 atom stereocenters. The second kappa shape index (κ2) is 8.65. The van der Waals surface area contributed by atoms with Gasteiger partial charge in [0.15, 0.2) is 11.5 Å². The lowest BCUT2D eigenvalue weighted by Crippen LogP contribution is -2.37. The minimum absolute atomic E-state index is 0.0283. The van der Waals surface area contributed by atoms with Crippen LogP contribution in [0.25, 0.3) is 5.76 Å². The van der Waals surface area contributed by atoms with Crippen LogP contribution in [0.1, 0.15) is 48.4 Å². The molecule has 2 aromatic rings. The summed E-state index contributed by atoms with van der Waals surface area (Å²) in [5.74, 6) is -1.30. The van der Waals surface area contributed by atoms with Crippen LogP contribution < -0.4 is 9.47 Å². The number of methoxy groups -OCH3 is 2. The van der Waals surface area contributed by atoms with E-state index in [1.54, 1.807) is 30.0 Å². The zero-order valence-electron chi connectivity index (χ0n) is 18.4. The van der Waals surface area contributed by atoms with Crippen molar-refractivity contribution >= 4 is 17.4 Å². The van der Waals surface area contributed by atoms with Crippen LogP contribution >= 0.6 is 0 Å². The second-order valence-electron chi connectivity index (χ2n) is 8.19. The number of benzene rings is 2. The number of aliphatic hydroxyl groups excluding tert-OH is 1. The third-order valence-corrected chi connectivity index (χ3v) is 6.36. The first-order chi connectivity index (χ1) is 15.4. The molecule has 32 heavy (non-hydrogen) atoms. The molecular formula is C25H26FNO5. The summed E-state index contributed by atoms with van der Waals surface area (Å²) in [7, 11) is 3.00. The van der Waals surface area contributed by atoms with E-state index >= 15 is 0 Å². The third kappa shape index (κ3) is 3.51. The lowest BCUT2D eigenvalue weighted by atomic mass is 9.93. The van der Waals surface area contributed by atoms with Crippen molar-refractivity contribution in [3.63, 3.8) is 0 Å². The highest BCUT2D eigenvalue weighted by Gasteiger charge is 2.50. The molecule has 168 valence electrons. The number of carbonyl (C=O) groups is 2. The largest absolute Gasteiger partial charge is 0.507 e. The standard InChI is InChI=1S/C25H26FNO5/c1-14-13-15(11-12-18(14)26)22(28)20-21(17-9-6-10-19(31-2)24(17)32-3)27(25(30)23(20)29)16-7-4-5-8-16/h6,9-13,16,21,28H,4-5,7-8H2,1-3H3/b22-20-. The molecule has 1 unspecified atom stereocenters. The van der Waals surface area contributed by atoms with Gasteiger partial charge in [-0.25, -0.2) is 4.39 Å². The molecule has 0 bridgehead atoms. The van der Waals surface area contributed by atoms with Crippen molar-refractivity contribution in [2.75, 3.05) is 14.2 Å². The average Bonchev–Trinajstić information content (AvgIpc) is 3.41. The van der Waals surface area contributed by atoms with Gasteiger partial charge in [-0.3, -0.25) is 9.59 Å². The van der Waals surface area contributed by atoms with Gasteiger partial charge in [0, 0.05) is 17.2 Å². The van der Waals surface area contributed by atoms with E-state index in [-0.39, 0.29) is 22.9 Å². The lowest BCUT2D eigenvalue weighted by molar-refractivity contribution is -0.141. The molecule has 1 aliphatic carbocycles. The minimum Gasteiger partial charge on any atom is -0.507 e. The van der Waals surface area contributed by atoms with Crippen LogP contribution in [0.3, 0.4) is 0 Å². The van der Waals surface area contributed by atoms with Crippen molar-refractivity contribution in [3.8, 4) is 11.5 Å². The minimum atomic E-state index is -0.839. The zero-order chi connectivity index (χ0) is 23.0. The first-order valence-electron chi connectivity index (χ1n) is 10.7. The Morgan fingerprint density at radius 3 is 2.44 bits per heavy atom. The van der Waals surface area contributed by atoms with E-state index in [1.165, 1.54) is 32.4 Å². The third-order valence-electron chi connectivity index (χ3n) is 6.36. The number of Topliss-reactive ketones (excluding diaryl/α,β-unsaturated/α-hetero) is 1. The molecule has 1 saturated carbocycles. The van der Waals surface area contributed by atoms with Crippen LogP contribution in [0.15, 0.2) is 42.0 Å². The van der Waals surface area contributed by atoms with Crippen LogP contribution in [0.5, 0.6) is 11.5 Å². The smallest absolute Gasteiger partial charge is 0.295 e. The maximum atomic E-state index is 13.8. The molecule has 7 heteroatoms. The molecule has 2 aliphatic rings. The second-order valence-corrected chi connectivity index (χ2v) is 8.19. The number of amides is 1. The van der Waals surface area contributed by atoms with Crippen molar-refractivity contribution in [2.24, 2.45) is 0 Å². The molecule has 4 rings (SSSR count). The van der Waals surface area contributed by atoms with Gasteiger partial charge in [0.1, 0.15) is 11.6 Å². The molecule has 1 aliphatic heterocycles. The fraction of sp³-hybridized carbons (Fsp3) is 0.360. The van der Waals surface area contributed by atoms with Crippen LogP contribution in [-0.2, 0) is 9.59 Å². The molecule has 0 radical (unpaired) electrons. The van der Waals surface area contributed by atoms with Crippen molar-refractivity contribution in [2.45, 2.75) is 44.7 Å². The molecule has 1 heterocycles. The topological polar surface area (TPSA) is 76.1 Å². The number of hydrogen-bond donors (Lipinski definition) is 1. The summed E-state index contributed by atoms with van der Waals surface area (Å²) >= 11 is 0. The van der Waals surface area contributed by atoms with Gasteiger partial charge in [-0.1, -0.05) is 25.0 Å². The number of ether oxygens (including phenoxy) is 2. The summed E-state index contributed by atoms with van der Waals surface area (Å²) in [5, 5.41) is 11.2. The van der Waals surface area contributed by atoms with Crippen LogP contribution in [0.2, 0.25) is 0 Å². The van der Waals surface area contributed by atoms with Gasteiger partial charge in [-0.15, -0.1) is 0 Å².